The standard InChI is InChI=1S/C43H30N4/c1-27-19-21-28(22-20-27)41-34-15-5-8-16-37(34)44-43(45-41)47-39-18-10-7-14-32(39)36-26-35-29(25-40(36)47)23-24-33-31-13-6-9-17-38(31)46(42(33)35)30-11-3-2-4-12-30/h2-19,21-27H,20H2,1H3. The Morgan fingerprint density at radius 2 is 1.28 bits per heavy atom. The maximum absolute atomic E-state index is 5.33. The van der Waals surface area contributed by atoms with Gasteiger partial charge in [-0.3, -0.25) is 4.57 Å². The molecule has 4 nitrogen and oxygen atoms in total. The number of nitrogens with zero attached hydrogens (tertiary/aromatic N) is 4. The zero-order valence-corrected chi connectivity index (χ0v) is 25.9. The predicted molar refractivity (Wildman–Crippen MR) is 197 cm³/mol. The summed E-state index contributed by atoms with van der Waals surface area (Å²) >= 11 is 0. The molecular formula is C43H30N4. The molecule has 9 aromatic rings. The Bertz CT molecular complexity index is 2780. The molecule has 0 amide bonds. The van der Waals surface area contributed by atoms with Gasteiger partial charge in [0.2, 0.25) is 5.95 Å². The van der Waals surface area contributed by atoms with Crippen molar-refractivity contribution >= 4 is 70.9 Å². The van der Waals surface area contributed by atoms with Gasteiger partial charge in [0.25, 0.3) is 0 Å². The second-order valence-electron chi connectivity index (χ2n) is 12.7. The molecule has 1 aliphatic rings. The fraction of sp³-hybridized carbons (Fsp3) is 0.0698. The Kier molecular flexibility index (Phi) is 5.58. The van der Waals surface area contributed by atoms with Crippen LogP contribution in [0.3, 0.4) is 0 Å². The lowest BCUT2D eigenvalue weighted by atomic mass is 9.95. The summed E-state index contributed by atoms with van der Waals surface area (Å²) < 4.78 is 4.68. The van der Waals surface area contributed by atoms with E-state index in [9.17, 15) is 0 Å². The molecular weight excluding hydrogens is 573 g/mol. The van der Waals surface area contributed by atoms with Crippen molar-refractivity contribution in [3.63, 3.8) is 0 Å². The monoisotopic (exact) mass is 602 g/mol. The summed E-state index contributed by atoms with van der Waals surface area (Å²) in [5, 5.41) is 8.37. The van der Waals surface area contributed by atoms with Crippen molar-refractivity contribution in [3.8, 4) is 11.6 Å². The number of benzene rings is 6. The topological polar surface area (TPSA) is 35.6 Å². The molecule has 0 N–H and O–H groups in total. The lowest BCUT2D eigenvalue weighted by Crippen LogP contribution is -2.05. The number of hydrogen-bond donors (Lipinski definition) is 0. The Morgan fingerprint density at radius 3 is 2.06 bits per heavy atom. The molecule has 1 atom stereocenters. The quantitative estimate of drug-likeness (QED) is 0.202. The fourth-order valence-electron chi connectivity index (χ4n) is 7.59. The van der Waals surface area contributed by atoms with Gasteiger partial charge < -0.3 is 4.57 Å². The normalized spacial score (nSPS) is 15.1. The third-order valence-electron chi connectivity index (χ3n) is 9.84. The number of aromatic nitrogens is 4. The maximum Gasteiger partial charge on any atom is 0.235 e. The van der Waals surface area contributed by atoms with Gasteiger partial charge in [-0.25, -0.2) is 9.97 Å². The minimum atomic E-state index is 0.531. The zero-order valence-electron chi connectivity index (χ0n) is 25.9. The van der Waals surface area contributed by atoms with Crippen LogP contribution in [-0.4, -0.2) is 19.1 Å². The second kappa shape index (κ2) is 10.0. The second-order valence-corrected chi connectivity index (χ2v) is 12.7. The summed E-state index contributed by atoms with van der Waals surface area (Å²) in [6.07, 6.45) is 7.84. The van der Waals surface area contributed by atoms with E-state index in [2.05, 4.69) is 162 Å². The van der Waals surface area contributed by atoms with Crippen molar-refractivity contribution < 1.29 is 0 Å². The van der Waals surface area contributed by atoms with Crippen LogP contribution in [0.25, 0.3) is 82.5 Å². The number of fused-ring (bicyclic) bond motifs is 9. The van der Waals surface area contributed by atoms with Crippen LogP contribution in [0.5, 0.6) is 0 Å². The molecule has 4 heteroatoms. The molecule has 0 spiro atoms. The summed E-state index contributed by atoms with van der Waals surface area (Å²) in [7, 11) is 0. The smallest absolute Gasteiger partial charge is 0.235 e. The molecule has 222 valence electrons. The van der Waals surface area contributed by atoms with E-state index in [4.69, 9.17) is 9.97 Å². The van der Waals surface area contributed by atoms with Crippen molar-refractivity contribution in [1.29, 1.82) is 0 Å². The molecule has 3 heterocycles. The predicted octanol–water partition coefficient (Wildman–Crippen LogP) is 11.0. The van der Waals surface area contributed by atoms with E-state index in [1.807, 2.05) is 0 Å². The van der Waals surface area contributed by atoms with E-state index >= 15 is 0 Å². The molecule has 0 saturated carbocycles. The highest BCUT2D eigenvalue weighted by molar-refractivity contribution is 6.22. The van der Waals surface area contributed by atoms with Crippen molar-refractivity contribution in [2.24, 2.45) is 5.92 Å². The Morgan fingerprint density at radius 1 is 0.574 bits per heavy atom. The van der Waals surface area contributed by atoms with Crippen molar-refractivity contribution in [3.05, 3.63) is 151 Å². The number of rotatable bonds is 3. The minimum Gasteiger partial charge on any atom is -0.309 e. The molecule has 0 bridgehead atoms. The van der Waals surface area contributed by atoms with E-state index < -0.39 is 0 Å². The molecule has 47 heavy (non-hydrogen) atoms. The molecule has 0 fully saturated rings. The summed E-state index contributed by atoms with van der Waals surface area (Å²) in [5.74, 6) is 1.22. The SMILES string of the molecule is CC1C=CC(c2nc(-n3c4ccccc4c4cc5c(ccc6c7ccccc7n(-c7ccccc7)c56)cc43)nc3ccccc23)=CC1. The number of para-hydroxylation sites is 4. The highest BCUT2D eigenvalue weighted by Crippen LogP contribution is 2.41. The van der Waals surface area contributed by atoms with Crippen LogP contribution >= 0.6 is 0 Å². The molecule has 0 aliphatic heterocycles. The largest absolute Gasteiger partial charge is 0.309 e. The van der Waals surface area contributed by atoms with E-state index in [1.54, 1.807) is 0 Å². The minimum absolute atomic E-state index is 0.531. The van der Waals surface area contributed by atoms with Gasteiger partial charge in [-0.15, -0.1) is 0 Å². The maximum atomic E-state index is 5.33. The Hall–Kier alpha value is -6.00. The molecule has 0 saturated heterocycles. The van der Waals surface area contributed by atoms with E-state index in [1.165, 1.54) is 43.4 Å². The van der Waals surface area contributed by atoms with Crippen LogP contribution < -0.4 is 0 Å². The first-order chi connectivity index (χ1) is 23.2. The molecule has 3 aromatic heterocycles. The van der Waals surface area contributed by atoms with Crippen LogP contribution in [0.4, 0.5) is 0 Å². The van der Waals surface area contributed by atoms with Crippen LogP contribution in [0.2, 0.25) is 0 Å². The van der Waals surface area contributed by atoms with Gasteiger partial charge in [0.05, 0.1) is 33.3 Å². The lowest BCUT2D eigenvalue weighted by molar-refractivity contribution is 0.738. The highest BCUT2D eigenvalue weighted by Gasteiger charge is 2.21. The van der Waals surface area contributed by atoms with E-state index in [0.29, 0.717) is 11.9 Å². The molecule has 10 rings (SSSR count). The Balaban J connectivity index is 1.31. The molecule has 1 unspecified atom stereocenters. The van der Waals surface area contributed by atoms with E-state index in [0.717, 1.165) is 45.3 Å². The third-order valence-corrected chi connectivity index (χ3v) is 9.84. The first kappa shape index (κ1) is 26.2. The van der Waals surface area contributed by atoms with Crippen LogP contribution in [0, 0.1) is 5.92 Å². The number of allylic oxidation sites excluding steroid dienone is 4. The highest BCUT2D eigenvalue weighted by atomic mass is 15.2. The average molecular weight is 603 g/mol. The molecule has 1 aliphatic carbocycles. The van der Waals surface area contributed by atoms with Crippen molar-refractivity contribution in [1.82, 2.24) is 19.1 Å². The molecule has 6 aromatic carbocycles. The Labute approximate surface area is 271 Å². The molecule has 0 radical (unpaired) electrons. The van der Waals surface area contributed by atoms with Gasteiger partial charge in [0.1, 0.15) is 0 Å². The number of hydrogen-bond acceptors (Lipinski definition) is 2. The van der Waals surface area contributed by atoms with Gasteiger partial charge >= 0.3 is 0 Å². The summed E-state index contributed by atoms with van der Waals surface area (Å²) in [6.45, 7) is 2.25. The third kappa shape index (κ3) is 3.88. The van der Waals surface area contributed by atoms with Crippen LogP contribution in [-0.2, 0) is 0 Å². The van der Waals surface area contributed by atoms with Gasteiger partial charge in [0.15, 0.2) is 0 Å². The van der Waals surface area contributed by atoms with Crippen molar-refractivity contribution in [2.45, 2.75) is 13.3 Å². The lowest BCUT2D eigenvalue weighted by Gasteiger charge is -2.15. The summed E-state index contributed by atoms with van der Waals surface area (Å²) in [5.41, 5.74) is 8.88. The van der Waals surface area contributed by atoms with Crippen LogP contribution in [0.1, 0.15) is 19.0 Å². The first-order valence-electron chi connectivity index (χ1n) is 16.3. The fourth-order valence-corrected chi connectivity index (χ4v) is 7.59. The van der Waals surface area contributed by atoms with E-state index in [-0.39, 0.29) is 0 Å². The van der Waals surface area contributed by atoms with Crippen LogP contribution in [0.15, 0.2) is 146 Å². The van der Waals surface area contributed by atoms with Gasteiger partial charge in [-0.05, 0) is 65.8 Å². The van der Waals surface area contributed by atoms with Gasteiger partial charge in [-0.2, -0.15) is 0 Å². The summed E-state index contributed by atoms with van der Waals surface area (Å²) in [4.78, 5) is 10.5. The average Bonchev–Trinajstić information content (AvgIpc) is 3.64. The summed E-state index contributed by atoms with van der Waals surface area (Å²) in [6, 6.07) is 45.7. The van der Waals surface area contributed by atoms with Gasteiger partial charge in [-0.1, -0.05) is 110 Å². The van der Waals surface area contributed by atoms with Gasteiger partial charge in [0, 0.05) is 38.0 Å². The zero-order chi connectivity index (χ0) is 31.1. The van der Waals surface area contributed by atoms with Crippen molar-refractivity contribution in [2.75, 3.05) is 0 Å². The first-order valence-corrected chi connectivity index (χ1v) is 16.3.